The number of benzene rings is 1. The molecule has 0 radical (unpaired) electrons. The molecule has 0 spiro atoms. The Labute approximate surface area is 197 Å². The fourth-order valence-corrected chi connectivity index (χ4v) is 6.61. The average Bonchev–Trinajstić information content (AvgIpc) is 3.11. The monoisotopic (exact) mass is 524 g/mol. The van der Waals surface area contributed by atoms with Gasteiger partial charge in [-0.2, -0.15) is 17.5 Å². The summed E-state index contributed by atoms with van der Waals surface area (Å²) in [6.07, 6.45) is 0.255. The molecule has 1 N–H and O–H groups in total. The molecule has 3 saturated carbocycles. The molecule has 1 aromatic heterocycles. The van der Waals surface area contributed by atoms with Crippen molar-refractivity contribution in [2.24, 2.45) is 11.3 Å². The van der Waals surface area contributed by atoms with Gasteiger partial charge in [0.05, 0.1) is 18.6 Å². The number of ether oxygens (including phenoxy) is 1. The van der Waals surface area contributed by atoms with Crippen LogP contribution in [0.1, 0.15) is 36.1 Å². The lowest BCUT2D eigenvalue weighted by atomic mass is 9.41. The third-order valence-electron chi connectivity index (χ3n) is 7.47. The van der Waals surface area contributed by atoms with E-state index in [1.165, 1.54) is 19.3 Å². The van der Waals surface area contributed by atoms with Crippen molar-refractivity contribution < 1.29 is 39.5 Å². The molecule has 14 heteroatoms. The molecular weight excluding hydrogens is 502 g/mol. The number of nitrogens with zero attached hydrogens (tertiary/aromatic N) is 3. The van der Waals surface area contributed by atoms with Crippen LogP contribution in [0, 0.1) is 18.3 Å². The topological polar surface area (TPSA) is 78.5 Å². The summed E-state index contributed by atoms with van der Waals surface area (Å²) in [5.41, 5.74) is -4.94. The number of alkyl halides is 6. The Hall–Kier alpha value is -2.48. The van der Waals surface area contributed by atoms with Gasteiger partial charge in [-0.3, -0.25) is 0 Å². The zero-order chi connectivity index (χ0) is 25.4. The molecule has 0 saturated heterocycles. The van der Waals surface area contributed by atoms with Gasteiger partial charge in [0.25, 0.3) is 0 Å². The van der Waals surface area contributed by atoms with E-state index in [0.717, 1.165) is 25.3 Å². The number of anilines is 1. The zero-order valence-electron chi connectivity index (χ0n) is 18.4. The predicted octanol–water partition coefficient (Wildman–Crippen LogP) is 4.46. The van der Waals surface area contributed by atoms with Crippen molar-refractivity contribution in [3.8, 4) is 5.75 Å². The van der Waals surface area contributed by atoms with Gasteiger partial charge in [-0.15, -0.1) is 13.2 Å². The van der Waals surface area contributed by atoms with Crippen LogP contribution in [-0.2, 0) is 23.1 Å². The third kappa shape index (κ3) is 4.03. The number of H-pyrrole nitrogens is 1. The standard InChI is InChI=1S/C21H22F6N4O3S/c1-12-15-9-30(35(32,33)21(25,26)27)10-18(19-4-13(5-19)6-19)31(8-14-7-28-11-29-14)16(15)2-3-17(12)34-20(22,23)24/h2-3,7,11,13,18H,4-6,8-10H2,1H3,(H,28,29)/t13?,18-,19?/m0/s1. The van der Waals surface area contributed by atoms with E-state index in [9.17, 15) is 34.8 Å². The Balaban J connectivity index is 1.66. The lowest BCUT2D eigenvalue weighted by Crippen LogP contribution is -2.66. The van der Waals surface area contributed by atoms with Gasteiger partial charge in [0.15, 0.2) is 0 Å². The number of fused-ring (bicyclic) bond motifs is 1. The quantitative estimate of drug-likeness (QED) is 0.585. The number of nitrogens with one attached hydrogen (secondary N) is 1. The molecule has 4 aliphatic rings. The van der Waals surface area contributed by atoms with Gasteiger partial charge >= 0.3 is 21.9 Å². The Bertz CT molecular complexity index is 1210. The van der Waals surface area contributed by atoms with Crippen molar-refractivity contribution in [1.29, 1.82) is 0 Å². The van der Waals surface area contributed by atoms with Gasteiger partial charge in [0.2, 0.25) is 0 Å². The second-order valence-corrected chi connectivity index (χ2v) is 11.5. The van der Waals surface area contributed by atoms with Crippen LogP contribution in [-0.4, -0.2) is 47.1 Å². The minimum absolute atomic E-state index is 0.0354. The summed E-state index contributed by atoms with van der Waals surface area (Å²) in [6, 6.07) is 1.87. The summed E-state index contributed by atoms with van der Waals surface area (Å²) in [5, 5.41) is 0. The molecule has 2 heterocycles. The average molecular weight is 524 g/mol. The molecule has 0 unspecified atom stereocenters. The molecular formula is C21H22F6N4O3S. The summed E-state index contributed by atoms with van der Waals surface area (Å²) in [6.45, 7) is 0.288. The SMILES string of the molecule is Cc1c(OC(F)(F)F)ccc2c1CN(S(=O)(=O)C(F)(F)F)C[C@@H](C13CC(C1)C3)N2Cc1cnc[nH]1. The van der Waals surface area contributed by atoms with Gasteiger partial charge in [0, 0.05) is 31.0 Å². The van der Waals surface area contributed by atoms with E-state index in [4.69, 9.17) is 0 Å². The van der Waals surface area contributed by atoms with E-state index in [2.05, 4.69) is 14.7 Å². The van der Waals surface area contributed by atoms with E-state index in [1.807, 2.05) is 4.90 Å². The van der Waals surface area contributed by atoms with E-state index in [-0.39, 0.29) is 23.1 Å². The first-order chi connectivity index (χ1) is 16.2. The fraction of sp³-hybridized carbons (Fsp3) is 0.571. The summed E-state index contributed by atoms with van der Waals surface area (Å²) >= 11 is 0. The molecule has 2 bridgehead atoms. The van der Waals surface area contributed by atoms with Crippen LogP contribution in [0.3, 0.4) is 0 Å². The molecule has 6 rings (SSSR count). The first-order valence-electron chi connectivity index (χ1n) is 10.9. The first-order valence-corrected chi connectivity index (χ1v) is 12.3. The van der Waals surface area contributed by atoms with Crippen LogP contribution in [0.5, 0.6) is 5.75 Å². The number of aromatic amines is 1. The van der Waals surface area contributed by atoms with Gasteiger partial charge < -0.3 is 14.6 Å². The maximum atomic E-state index is 13.6. The summed E-state index contributed by atoms with van der Waals surface area (Å²) in [7, 11) is -5.75. The Morgan fingerprint density at radius 2 is 1.86 bits per heavy atom. The maximum absolute atomic E-state index is 13.6. The van der Waals surface area contributed by atoms with E-state index >= 15 is 0 Å². The number of imidazole rings is 1. The molecule has 1 aromatic carbocycles. The number of hydrogen-bond donors (Lipinski definition) is 1. The van der Waals surface area contributed by atoms with Crippen LogP contribution >= 0.6 is 0 Å². The molecule has 3 aliphatic carbocycles. The van der Waals surface area contributed by atoms with E-state index in [0.29, 0.717) is 21.6 Å². The van der Waals surface area contributed by atoms with Crippen molar-refractivity contribution in [2.75, 3.05) is 11.4 Å². The van der Waals surface area contributed by atoms with Gasteiger partial charge in [-0.05, 0) is 60.8 Å². The molecule has 7 nitrogen and oxygen atoms in total. The highest BCUT2D eigenvalue weighted by atomic mass is 32.2. The second kappa shape index (κ2) is 7.76. The number of sulfonamides is 1. The molecule has 1 aliphatic heterocycles. The summed E-state index contributed by atoms with van der Waals surface area (Å²) in [4.78, 5) is 8.73. The van der Waals surface area contributed by atoms with Gasteiger partial charge in [-0.25, -0.2) is 13.4 Å². The Morgan fingerprint density at radius 3 is 2.37 bits per heavy atom. The lowest BCUT2D eigenvalue weighted by molar-refractivity contribution is -0.274. The van der Waals surface area contributed by atoms with Gasteiger partial charge in [-0.1, -0.05) is 0 Å². The van der Waals surface area contributed by atoms with Crippen molar-refractivity contribution in [1.82, 2.24) is 14.3 Å². The van der Waals surface area contributed by atoms with Crippen LogP contribution < -0.4 is 9.64 Å². The van der Waals surface area contributed by atoms with Crippen LogP contribution in [0.2, 0.25) is 0 Å². The lowest BCUT2D eigenvalue weighted by Gasteiger charge is -2.67. The van der Waals surface area contributed by atoms with E-state index in [1.54, 1.807) is 6.20 Å². The van der Waals surface area contributed by atoms with Gasteiger partial charge in [0.1, 0.15) is 5.75 Å². The number of rotatable bonds is 5. The summed E-state index contributed by atoms with van der Waals surface area (Å²) < 4.78 is 109. The fourth-order valence-electron chi connectivity index (χ4n) is 5.68. The molecule has 1 atom stereocenters. The largest absolute Gasteiger partial charge is 0.573 e. The minimum Gasteiger partial charge on any atom is -0.406 e. The number of aromatic nitrogens is 2. The zero-order valence-corrected chi connectivity index (χ0v) is 19.3. The third-order valence-corrected chi connectivity index (χ3v) is 9.01. The van der Waals surface area contributed by atoms with E-state index < -0.39 is 46.8 Å². The molecule has 3 fully saturated rings. The molecule has 2 aromatic rings. The second-order valence-electron chi connectivity index (χ2n) is 9.54. The normalized spacial score (nSPS) is 27.0. The minimum atomic E-state index is -5.75. The summed E-state index contributed by atoms with van der Waals surface area (Å²) in [5.74, 6) is -0.130. The van der Waals surface area contributed by atoms with Crippen LogP contribution in [0.4, 0.5) is 32.0 Å². The van der Waals surface area contributed by atoms with Crippen molar-refractivity contribution in [3.05, 3.63) is 41.5 Å². The van der Waals surface area contributed by atoms with Crippen molar-refractivity contribution >= 4 is 15.7 Å². The number of halogens is 6. The maximum Gasteiger partial charge on any atom is 0.573 e. The van der Waals surface area contributed by atoms with Crippen molar-refractivity contribution in [2.45, 2.75) is 57.2 Å². The molecule has 192 valence electrons. The van der Waals surface area contributed by atoms with Crippen molar-refractivity contribution in [3.63, 3.8) is 0 Å². The molecule has 0 amide bonds. The highest BCUT2D eigenvalue weighted by Gasteiger charge is 2.63. The number of hydrogen-bond acceptors (Lipinski definition) is 5. The smallest absolute Gasteiger partial charge is 0.406 e. The van der Waals surface area contributed by atoms with Crippen LogP contribution in [0.15, 0.2) is 24.7 Å². The highest BCUT2D eigenvalue weighted by molar-refractivity contribution is 7.89. The highest BCUT2D eigenvalue weighted by Crippen LogP contribution is 2.67. The Morgan fingerprint density at radius 1 is 1.17 bits per heavy atom. The molecule has 35 heavy (non-hydrogen) atoms. The predicted molar refractivity (Wildman–Crippen MR) is 112 cm³/mol. The first kappa shape index (κ1) is 24.2. The van der Waals surface area contributed by atoms with Crippen LogP contribution in [0.25, 0.3) is 0 Å². The Kier molecular flexibility index (Phi) is 5.37.